The minimum absolute atomic E-state index is 0.656. The molecule has 80 valence electrons. The molecule has 4 unspecified atom stereocenters. The molecular formula is C14H24. The molecule has 0 aliphatic heterocycles. The third kappa shape index (κ3) is 1.01. The van der Waals surface area contributed by atoms with E-state index in [1.165, 1.54) is 19.3 Å². The summed E-state index contributed by atoms with van der Waals surface area (Å²) in [5.41, 5.74) is 1.43. The molecule has 3 aliphatic carbocycles. The highest BCUT2D eigenvalue weighted by molar-refractivity contribution is 5.08. The van der Waals surface area contributed by atoms with Crippen molar-refractivity contribution in [2.24, 2.45) is 28.6 Å². The first-order chi connectivity index (χ1) is 6.53. The van der Waals surface area contributed by atoms with E-state index in [4.69, 9.17) is 0 Å². The van der Waals surface area contributed by atoms with E-state index in [9.17, 15) is 0 Å². The monoisotopic (exact) mass is 192 g/mol. The van der Waals surface area contributed by atoms with Gasteiger partial charge in [0.05, 0.1) is 0 Å². The van der Waals surface area contributed by atoms with Gasteiger partial charge in [0.2, 0.25) is 0 Å². The highest BCUT2D eigenvalue weighted by Gasteiger charge is 2.59. The Morgan fingerprint density at radius 3 is 2.36 bits per heavy atom. The molecule has 0 aromatic heterocycles. The summed E-state index contributed by atoms with van der Waals surface area (Å²) in [5, 5.41) is 0. The summed E-state index contributed by atoms with van der Waals surface area (Å²) >= 11 is 0. The smallest absolute Gasteiger partial charge is 0.0292 e. The SMILES string of the molecule is CC1(C)CCCC2C1CC1(C)CCC21. The number of rotatable bonds is 0. The quantitative estimate of drug-likeness (QED) is 0.538. The summed E-state index contributed by atoms with van der Waals surface area (Å²) in [5.74, 6) is 3.29. The van der Waals surface area contributed by atoms with Crippen LogP contribution in [0.2, 0.25) is 0 Å². The second kappa shape index (κ2) is 2.57. The van der Waals surface area contributed by atoms with Gasteiger partial charge in [0, 0.05) is 0 Å². The Labute approximate surface area is 88.5 Å². The van der Waals surface area contributed by atoms with Gasteiger partial charge in [0.25, 0.3) is 0 Å². The van der Waals surface area contributed by atoms with Crippen LogP contribution >= 0.6 is 0 Å². The van der Waals surface area contributed by atoms with Gasteiger partial charge in [-0.2, -0.15) is 0 Å². The van der Waals surface area contributed by atoms with Crippen molar-refractivity contribution < 1.29 is 0 Å². The van der Waals surface area contributed by atoms with Crippen molar-refractivity contribution in [2.75, 3.05) is 0 Å². The molecule has 0 bridgehead atoms. The lowest BCUT2D eigenvalue weighted by molar-refractivity contribution is 0.0403. The van der Waals surface area contributed by atoms with Crippen molar-refractivity contribution in [3.63, 3.8) is 0 Å². The van der Waals surface area contributed by atoms with Crippen LogP contribution in [-0.4, -0.2) is 0 Å². The molecule has 0 heteroatoms. The van der Waals surface area contributed by atoms with Gasteiger partial charge in [-0.05, 0) is 60.7 Å². The molecule has 4 atom stereocenters. The van der Waals surface area contributed by atoms with Gasteiger partial charge in [0.15, 0.2) is 0 Å². The fourth-order valence-corrected chi connectivity index (χ4v) is 4.96. The summed E-state index contributed by atoms with van der Waals surface area (Å²) in [7, 11) is 0. The van der Waals surface area contributed by atoms with Gasteiger partial charge in [-0.1, -0.05) is 27.2 Å². The maximum atomic E-state index is 2.57. The predicted octanol–water partition coefficient (Wildman–Crippen LogP) is 4.25. The first-order valence-corrected chi connectivity index (χ1v) is 6.53. The summed E-state index contributed by atoms with van der Waals surface area (Å²) in [4.78, 5) is 0. The van der Waals surface area contributed by atoms with Crippen LogP contribution in [0.3, 0.4) is 0 Å². The van der Waals surface area contributed by atoms with Crippen LogP contribution in [-0.2, 0) is 0 Å². The molecular weight excluding hydrogens is 168 g/mol. The van der Waals surface area contributed by atoms with Gasteiger partial charge in [-0.25, -0.2) is 0 Å². The zero-order valence-electron chi connectivity index (χ0n) is 9.97. The number of fused-ring (bicyclic) bond motifs is 3. The Kier molecular flexibility index (Phi) is 1.70. The third-order valence-corrected chi connectivity index (χ3v) is 6.00. The second-order valence-corrected chi connectivity index (χ2v) is 7.15. The summed E-state index contributed by atoms with van der Waals surface area (Å²) in [6.07, 6.45) is 9.16. The van der Waals surface area contributed by atoms with E-state index < -0.39 is 0 Å². The largest absolute Gasteiger partial charge is 0.0596 e. The Morgan fingerprint density at radius 1 is 0.929 bits per heavy atom. The first-order valence-electron chi connectivity index (χ1n) is 6.53. The highest BCUT2D eigenvalue weighted by Crippen LogP contribution is 2.68. The fourth-order valence-electron chi connectivity index (χ4n) is 4.96. The molecule has 0 spiro atoms. The minimum atomic E-state index is 0.656. The van der Waals surface area contributed by atoms with Gasteiger partial charge < -0.3 is 0 Å². The third-order valence-electron chi connectivity index (χ3n) is 6.00. The van der Waals surface area contributed by atoms with Crippen molar-refractivity contribution in [1.29, 1.82) is 0 Å². The van der Waals surface area contributed by atoms with Gasteiger partial charge >= 0.3 is 0 Å². The molecule has 14 heavy (non-hydrogen) atoms. The molecule has 3 aliphatic rings. The molecule has 0 aromatic rings. The van der Waals surface area contributed by atoms with Crippen molar-refractivity contribution in [3.05, 3.63) is 0 Å². The van der Waals surface area contributed by atoms with Crippen LogP contribution < -0.4 is 0 Å². The standard InChI is InChI=1S/C14H24/c1-13(2)7-4-5-10-11-6-8-14(11,3)9-12(10)13/h10-12H,4-9H2,1-3H3. The molecule has 0 amide bonds. The lowest BCUT2D eigenvalue weighted by atomic mass is 9.59. The van der Waals surface area contributed by atoms with Crippen LogP contribution in [0.15, 0.2) is 0 Å². The summed E-state index contributed by atoms with van der Waals surface area (Å²) in [6.45, 7) is 7.62. The minimum Gasteiger partial charge on any atom is -0.0596 e. The van der Waals surface area contributed by atoms with E-state index in [0.717, 1.165) is 23.2 Å². The van der Waals surface area contributed by atoms with Crippen molar-refractivity contribution in [3.8, 4) is 0 Å². The van der Waals surface area contributed by atoms with Crippen LogP contribution in [0.25, 0.3) is 0 Å². The maximum Gasteiger partial charge on any atom is -0.0292 e. The van der Waals surface area contributed by atoms with E-state index >= 15 is 0 Å². The van der Waals surface area contributed by atoms with E-state index in [0.29, 0.717) is 5.41 Å². The van der Waals surface area contributed by atoms with Gasteiger partial charge in [-0.3, -0.25) is 0 Å². The van der Waals surface area contributed by atoms with E-state index in [1.807, 2.05) is 0 Å². The average molecular weight is 192 g/mol. The number of hydrogen-bond donors (Lipinski definition) is 0. The Bertz CT molecular complexity index is 253. The topological polar surface area (TPSA) is 0 Å². The molecule has 0 aromatic carbocycles. The van der Waals surface area contributed by atoms with Gasteiger partial charge in [-0.15, -0.1) is 0 Å². The van der Waals surface area contributed by atoms with Crippen LogP contribution in [0.1, 0.15) is 59.3 Å². The Hall–Kier alpha value is 0. The van der Waals surface area contributed by atoms with E-state index in [1.54, 1.807) is 19.3 Å². The maximum absolute atomic E-state index is 2.57. The number of hydrogen-bond acceptors (Lipinski definition) is 0. The molecule has 3 rings (SSSR count). The fraction of sp³-hybridized carbons (Fsp3) is 1.00. The van der Waals surface area contributed by atoms with Crippen molar-refractivity contribution in [1.82, 2.24) is 0 Å². The van der Waals surface area contributed by atoms with E-state index in [-0.39, 0.29) is 0 Å². The predicted molar refractivity (Wildman–Crippen MR) is 60.1 cm³/mol. The average Bonchev–Trinajstić information content (AvgIpc) is 2.26. The Balaban J connectivity index is 1.90. The Morgan fingerprint density at radius 2 is 1.71 bits per heavy atom. The lowest BCUT2D eigenvalue weighted by Gasteiger charge is -2.46. The molecule has 3 saturated carbocycles. The summed E-state index contributed by atoms with van der Waals surface area (Å²) < 4.78 is 0. The van der Waals surface area contributed by atoms with Crippen LogP contribution in [0.5, 0.6) is 0 Å². The molecule has 0 heterocycles. The zero-order chi connectivity index (χ0) is 9.97. The molecule has 0 nitrogen and oxygen atoms in total. The van der Waals surface area contributed by atoms with Crippen LogP contribution in [0, 0.1) is 28.6 Å². The molecule has 0 N–H and O–H groups in total. The molecule has 0 radical (unpaired) electrons. The van der Waals surface area contributed by atoms with Gasteiger partial charge in [0.1, 0.15) is 0 Å². The van der Waals surface area contributed by atoms with Crippen molar-refractivity contribution in [2.45, 2.75) is 59.3 Å². The lowest BCUT2D eigenvalue weighted by Crippen LogP contribution is -2.37. The first kappa shape index (κ1) is 9.24. The summed E-state index contributed by atoms with van der Waals surface area (Å²) in [6, 6.07) is 0. The molecule has 0 saturated heterocycles. The van der Waals surface area contributed by atoms with E-state index in [2.05, 4.69) is 20.8 Å². The highest BCUT2D eigenvalue weighted by atomic mass is 14.6. The normalized spacial score (nSPS) is 54.6. The second-order valence-electron chi connectivity index (χ2n) is 7.15. The van der Waals surface area contributed by atoms with Crippen LogP contribution in [0.4, 0.5) is 0 Å². The van der Waals surface area contributed by atoms with Crippen molar-refractivity contribution >= 4 is 0 Å². The zero-order valence-corrected chi connectivity index (χ0v) is 9.97. The molecule has 3 fully saturated rings.